The van der Waals surface area contributed by atoms with E-state index in [1.165, 1.54) is 45.2 Å². The van der Waals surface area contributed by atoms with E-state index in [2.05, 4.69) is 37.1 Å². The van der Waals surface area contributed by atoms with Gasteiger partial charge in [0.2, 0.25) is 0 Å². The molecular weight excluding hydrogens is 258 g/mol. The van der Waals surface area contributed by atoms with Crippen LogP contribution in [0.15, 0.2) is 0 Å². The predicted molar refractivity (Wildman–Crippen MR) is 88.1 cm³/mol. The Morgan fingerprint density at radius 2 is 2.00 bits per heavy atom. The van der Waals surface area contributed by atoms with Crippen LogP contribution in [0.2, 0.25) is 0 Å². The lowest BCUT2D eigenvalue weighted by Crippen LogP contribution is -2.52. The molecule has 1 saturated carbocycles. The highest BCUT2D eigenvalue weighted by Gasteiger charge is 2.43. The molecular formula is C18H33N3. The molecule has 0 spiro atoms. The predicted octanol–water partition coefficient (Wildman–Crippen LogP) is 3.70. The fourth-order valence-corrected chi connectivity index (χ4v) is 4.33. The molecule has 3 nitrogen and oxygen atoms in total. The van der Waals surface area contributed by atoms with Gasteiger partial charge < -0.3 is 0 Å². The molecule has 2 atom stereocenters. The third kappa shape index (κ3) is 3.60. The Balaban J connectivity index is 2.00. The van der Waals surface area contributed by atoms with Crippen molar-refractivity contribution < 1.29 is 0 Å². The molecule has 0 radical (unpaired) electrons. The highest BCUT2D eigenvalue weighted by Crippen LogP contribution is 2.41. The molecule has 0 aromatic heterocycles. The Morgan fingerprint density at radius 3 is 2.57 bits per heavy atom. The summed E-state index contributed by atoms with van der Waals surface area (Å²) in [7, 11) is 0. The minimum absolute atomic E-state index is 0.261. The fourth-order valence-electron chi connectivity index (χ4n) is 4.33. The topological polar surface area (TPSA) is 39.1 Å². The molecule has 1 heterocycles. The highest BCUT2D eigenvalue weighted by atomic mass is 15.2. The summed E-state index contributed by atoms with van der Waals surface area (Å²) in [5.74, 6) is 0. The summed E-state index contributed by atoms with van der Waals surface area (Å²) in [5, 5.41) is 13.2. The molecule has 2 fully saturated rings. The molecule has 1 aliphatic heterocycles. The first kappa shape index (κ1) is 16.8. The Morgan fingerprint density at radius 1 is 1.24 bits per heavy atom. The largest absolute Gasteiger partial charge is 0.300 e. The minimum atomic E-state index is -0.261. The molecule has 1 N–H and O–H groups in total. The second kappa shape index (κ2) is 7.11. The van der Waals surface area contributed by atoms with Crippen molar-refractivity contribution in [3.63, 3.8) is 0 Å². The van der Waals surface area contributed by atoms with Crippen molar-refractivity contribution in [2.45, 2.75) is 83.7 Å². The standard InChI is InChI=1S/C18H33N3/c1-4-11-20-18(14-19)9-7-8-16(13-18)21-12-10-17(5-2,6-3)15-21/h16,20H,4-13,15H2,1-3H3. The van der Waals surface area contributed by atoms with E-state index in [1.807, 2.05) is 0 Å². The van der Waals surface area contributed by atoms with Gasteiger partial charge in [-0.05, 0) is 69.9 Å². The average Bonchev–Trinajstić information content (AvgIpc) is 2.98. The maximum atomic E-state index is 9.69. The van der Waals surface area contributed by atoms with E-state index < -0.39 is 0 Å². The maximum absolute atomic E-state index is 9.69. The Bertz CT molecular complexity index is 369. The van der Waals surface area contributed by atoms with Gasteiger partial charge in [-0.2, -0.15) is 5.26 Å². The molecule has 2 aliphatic rings. The van der Waals surface area contributed by atoms with Crippen LogP contribution in [-0.4, -0.2) is 36.1 Å². The number of nitrogens with zero attached hydrogens (tertiary/aromatic N) is 2. The lowest BCUT2D eigenvalue weighted by atomic mass is 9.78. The Labute approximate surface area is 131 Å². The van der Waals surface area contributed by atoms with E-state index in [-0.39, 0.29) is 5.54 Å². The van der Waals surface area contributed by atoms with E-state index in [0.29, 0.717) is 11.5 Å². The van der Waals surface area contributed by atoms with Crippen LogP contribution in [-0.2, 0) is 0 Å². The van der Waals surface area contributed by atoms with Crippen LogP contribution >= 0.6 is 0 Å². The van der Waals surface area contributed by atoms with Crippen LogP contribution in [0.1, 0.15) is 72.1 Å². The molecule has 2 rings (SSSR count). The van der Waals surface area contributed by atoms with Gasteiger partial charge in [-0.1, -0.05) is 20.8 Å². The van der Waals surface area contributed by atoms with Gasteiger partial charge in [0.1, 0.15) is 5.54 Å². The Hall–Kier alpha value is -0.590. The van der Waals surface area contributed by atoms with E-state index in [9.17, 15) is 5.26 Å². The van der Waals surface area contributed by atoms with Crippen LogP contribution < -0.4 is 5.32 Å². The molecule has 1 saturated heterocycles. The van der Waals surface area contributed by atoms with Gasteiger partial charge in [-0.3, -0.25) is 10.2 Å². The minimum Gasteiger partial charge on any atom is -0.300 e. The van der Waals surface area contributed by atoms with Crippen LogP contribution in [0.4, 0.5) is 0 Å². The first-order valence-corrected chi connectivity index (χ1v) is 9.03. The van der Waals surface area contributed by atoms with E-state index in [1.54, 1.807) is 0 Å². The molecule has 21 heavy (non-hydrogen) atoms. The first-order chi connectivity index (χ1) is 10.1. The zero-order chi connectivity index (χ0) is 15.3. The summed E-state index contributed by atoms with van der Waals surface area (Å²) in [6.45, 7) is 10.3. The van der Waals surface area contributed by atoms with E-state index in [4.69, 9.17) is 0 Å². The lowest BCUT2D eigenvalue weighted by molar-refractivity contribution is 0.126. The van der Waals surface area contributed by atoms with Crippen LogP contribution in [0, 0.1) is 16.7 Å². The quantitative estimate of drug-likeness (QED) is 0.811. The average molecular weight is 291 g/mol. The second-order valence-electron chi connectivity index (χ2n) is 7.30. The summed E-state index contributed by atoms with van der Waals surface area (Å²) in [4.78, 5) is 2.70. The van der Waals surface area contributed by atoms with Gasteiger partial charge in [0, 0.05) is 12.6 Å². The van der Waals surface area contributed by atoms with Gasteiger partial charge in [-0.15, -0.1) is 0 Å². The van der Waals surface area contributed by atoms with Crippen molar-refractivity contribution in [3.05, 3.63) is 0 Å². The molecule has 0 aromatic carbocycles. The van der Waals surface area contributed by atoms with Crippen molar-refractivity contribution in [3.8, 4) is 6.07 Å². The highest BCUT2D eigenvalue weighted by molar-refractivity contribution is 5.11. The smallest absolute Gasteiger partial charge is 0.108 e. The number of hydrogen-bond donors (Lipinski definition) is 1. The van der Waals surface area contributed by atoms with E-state index in [0.717, 1.165) is 25.8 Å². The summed E-state index contributed by atoms with van der Waals surface area (Å²) < 4.78 is 0. The van der Waals surface area contributed by atoms with Crippen LogP contribution in [0.3, 0.4) is 0 Å². The van der Waals surface area contributed by atoms with Gasteiger partial charge in [0.25, 0.3) is 0 Å². The molecule has 2 unspecified atom stereocenters. The third-order valence-corrected chi connectivity index (χ3v) is 6.14. The van der Waals surface area contributed by atoms with Gasteiger partial charge in [0.15, 0.2) is 0 Å². The first-order valence-electron chi connectivity index (χ1n) is 9.03. The summed E-state index contributed by atoms with van der Waals surface area (Å²) in [6, 6.07) is 3.23. The van der Waals surface area contributed by atoms with Crippen molar-refractivity contribution in [2.75, 3.05) is 19.6 Å². The molecule has 0 aromatic rings. The molecule has 0 bridgehead atoms. The van der Waals surface area contributed by atoms with Crippen LogP contribution in [0.25, 0.3) is 0 Å². The van der Waals surface area contributed by atoms with E-state index >= 15 is 0 Å². The van der Waals surface area contributed by atoms with Crippen LogP contribution in [0.5, 0.6) is 0 Å². The molecule has 0 amide bonds. The zero-order valence-corrected chi connectivity index (χ0v) is 14.2. The second-order valence-corrected chi connectivity index (χ2v) is 7.30. The van der Waals surface area contributed by atoms with Crippen molar-refractivity contribution >= 4 is 0 Å². The lowest BCUT2D eigenvalue weighted by Gasteiger charge is -2.41. The van der Waals surface area contributed by atoms with Crippen molar-refractivity contribution in [1.29, 1.82) is 5.26 Å². The number of nitriles is 1. The Kier molecular flexibility index (Phi) is 5.68. The normalized spacial score (nSPS) is 33.0. The summed E-state index contributed by atoms with van der Waals surface area (Å²) in [5.41, 5.74) is 0.284. The molecule has 1 aliphatic carbocycles. The maximum Gasteiger partial charge on any atom is 0.108 e. The number of nitrogens with one attached hydrogen (secondary N) is 1. The summed E-state index contributed by atoms with van der Waals surface area (Å²) in [6.07, 6.45) is 9.56. The third-order valence-electron chi connectivity index (χ3n) is 6.14. The molecule has 3 heteroatoms. The van der Waals surface area contributed by atoms with Gasteiger partial charge in [0.05, 0.1) is 6.07 Å². The number of likely N-dealkylation sites (tertiary alicyclic amines) is 1. The number of hydrogen-bond acceptors (Lipinski definition) is 3. The number of rotatable bonds is 6. The molecule has 120 valence electrons. The summed E-state index contributed by atoms with van der Waals surface area (Å²) >= 11 is 0. The fraction of sp³-hybridized carbons (Fsp3) is 0.944. The van der Waals surface area contributed by atoms with Gasteiger partial charge >= 0.3 is 0 Å². The van der Waals surface area contributed by atoms with Crippen molar-refractivity contribution in [2.24, 2.45) is 5.41 Å². The monoisotopic (exact) mass is 291 g/mol. The SMILES string of the molecule is CCCNC1(C#N)CCCC(N2CCC(CC)(CC)C2)C1. The zero-order valence-electron chi connectivity index (χ0n) is 14.2. The van der Waals surface area contributed by atoms with Crippen molar-refractivity contribution in [1.82, 2.24) is 10.2 Å². The van der Waals surface area contributed by atoms with Gasteiger partial charge in [-0.25, -0.2) is 0 Å².